The van der Waals surface area contributed by atoms with Crippen molar-refractivity contribution >= 4 is 40.9 Å². The number of rotatable bonds is 8. The Labute approximate surface area is 156 Å². The highest BCUT2D eigenvalue weighted by atomic mass is 35.5. The van der Waals surface area contributed by atoms with Gasteiger partial charge < -0.3 is 10.1 Å². The van der Waals surface area contributed by atoms with Crippen molar-refractivity contribution in [1.82, 2.24) is 5.32 Å². The molecule has 0 atom stereocenters. The lowest BCUT2D eigenvalue weighted by atomic mass is 10.1. The van der Waals surface area contributed by atoms with Crippen LogP contribution in [-0.4, -0.2) is 24.8 Å². The van der Waals surface area contributed by atoms with Gasteiger partial charge in [0.25, 0.3) is 5.91 Å². The van der Waals surface area contributed by atoms with Gasteiger partial charge in [0.2, 0.25) is 0 Å². The third-order valence-electron chi connectivity index (χ3n) is 3.34. The molecule has 0 heterocycles. The number of carbonyl (C=O) groups excluding carboxylic acids is 1. The predicted molar refractivity (Wildman–Crippen MR) is 102 cm³/mol. The lowest BCUT2D eigenvalue weighted by Gasteiger charge is -2.09. The van der Waals surface area contributed by atoms with Gasteiger partial charge in [0.15, 0.2) is 6.61 Å². The van der Waals surface area contributed by atoms with Gasteiger partial charge in [0.1, 0.15) is 5.75 Å². The van der Waals surface area contributed by atoms with Crippen molar-refractivity contribution in [3.05, 3.63) is 63.6 Å². The average Bonchev–Trinajstić information content (AvgIpc) is 2.55. The van der Waals surface area contributed by atoms with Crippen molar-refractivity contribution in [1.29, 1.82) is 0 Å². The summed E-state index contributed by atoms with van der Waals surface area (Å²) in [5.41, 5.74) is 2.62. The van der Waals surface area contributed by atoms with Crippen LogP contribution in [0.2, 0.25) is 10.0 Å². The smallest absolute Gasteiger partial charge is 0.257 e. The Bertz CT molecular complexity index is 694. The van der Waals surface area contributed by atoms with Gasteiger partial charge in [-0.3, -0.25) is 4.79 Å². The molecule has 0 saturated heterocycles. The van der Waals surface area contributed by atoms with Crippen molar-refractivity contribution < 1.29 is 9.53 Å². The zero-order chi connectivity index (χ0) is 17.4. The normalized spacial score (nSPS) is 10.5. The van der Waals surface area contributed by atoms with Crippen molar-refractivity contribution in [2.75, 3.05) is 18.9 Å². The van der Waals surface area contributed by atoms with Gasteiger partial charge in [0.05, 0.1) is 5.02 Å². The van der Waals surface area contributed by atoms with E-state index < -0.39 is 0 Å². The van der Waals surface area contributed by atoms with Crippen molar-refractivity contribution in [3.63, 3.8) is 0 Å². The molecule has 2 rings (SSSR count). The molecular formula is C18H19Cl2NO2S. The number of thioether (sulfide) groups is 1. The maximum atomic E-state index is 11.8. The minimum absolute atomic E-state index is 0.0657. The van der Waals surface area contributed by atoms with Gasteiger partial charge >= 0.3 is 0 Å². The number of benzene rings is 2. The van der Waals surface area contributed by atoms with E-state index in [9.17, 15) is 4.79 Å². The van der Waals surface area contributed by atoms with E-state index in [0.717, 1.165) is 11.5 Å². The van der Waals surface area contributed by atoms with E-state index in [1.165, 1.54) is 11.1 Å². The van der Waals surface area contributed by atoms with Crippen LogP contribution in [0.15, 0.2) is 42.5 Å². The monoisotopic (exact) mass is 383 g/mol. The van der Waals surface area contributed by atoms with E-state index in [1.54, 1.807) is 30.0 Å². The average molecular weight is 384 g/mol. The molecule has 6 heteroatoms. The van der Waals surface area contributed by atoms with Crippen LogP contribution in [0.5, 0.6) is 5.75 Å². The summed E-state index contributed by atoms with van der Waals surface area (Å²) in [5.74, 6) is 2.07. The molecule has 2 aromatic rings. The third-order valence-corrected chi connectivity index (χ3v) is 4.88. The van der Waals surface area contributed by atoms with Crippen molar-refractivity contribution in [3.8, 4) is 5.75 Å². The molecule has 0 aliphatic carbocycles. The fraction of sp³-hybridized carbons (Fsp3) is 0.278. The van der Waals surface area contributed by atoms with E-state index in [0.29, 0.717) is 22.3 Å². The van der Waals surface area contributed by atoms with E-state index in [2.05, 4.69) is 24.4 Å². The lowest BCUT2D eigenvalue weighted by molar-refractivity contribution is -0.122. The predicted octanol–water partition coefficient (Wildman–Crippen LogP) is 4.73. The molecule has 0 aromatic heterocycles. The largest absolute Gasteiger partial charge is 0.482 e. The van der Waals surface area contributed by atoms with Gasteiger partial charge in [-0.25, -0.2) is 0 Å². The Hall–Kier alpha value is -1.36. The van der Waals surface area contributed by atoms with Gasteiger partial charge in [-0.05, 0) is 36.2 Å². The first-order valence-electron chi connectivity index (χ1n) is 7.53. The molecule has 0 radical (unpaired) electrons. The Morgan fingerprint density at radius 1 is 1.21 bits per heavy atom. The maximum Gasteiger partial charge on any atom is 0.257 e. The number of ether oxygens (including phenoxy) is 1. The van der Waals surface area contributed by atoms with Crippen LogP contribution in [0.3, 0.4) is 0 Å². The minimum atomic E-state index is -0.169. The Balaban J connectivity index is 1.62. The summed E-state index contributed by atoms with van der Waals surface area (Å²) in [6, 6.07) is 13.2. The fourth-order valence-corrected chi connectivity index (χ4v) is 3.40. The number of halogens is 2. The number of nitrogens with one attached hydrogen (secondary N) is 1. The quantitative estimate of drug-likeness (QED) is 0.669. The molecule has 24 heavy (non-hydrogen) atoms. The van der Waals surface area contributed by atoms with E-state index in [4.69, 9.17) is 27.9 Å². The van der Waals surface area contributed by atoms with Crippen molar-refractivity contribution in [2.24, 2.45) is 0 Å². The van der Waals surface area contributed by atoms with Crippen LogP contribution in [-0.2, 0) is 10.5 Å². The van der Waals surface area contributed by atoms with Crippen LogP contribution < -0.4 is 10.1 Å². The van der Waals surface area contributed by atoms with E-state index in [-0.39, 0.29) is 12.5 Å². The summed E-state index contributed by atoms with van der Waals surface area (Å²) < 4.78 is 5.39. The fourth-order valence-electron chi connectivity index (χ4n) is 2.00. The molecule has 128 valence electrons. The molecule has 0 bridgehead atoms. The summed E-state index contributed by atoms with van der Waals surface area (Å²) in [6.07, 6.45) is 0. The standard InChI is InChI=1S/C18H19Cl2NO2S/c1-13-4-2-3-5-14(13)12-24-9-8-21-18(22)11-23-17-7-6-15(19)10-16(17)20/h2-7,10H,8-9,11-12H2,1H3,(H,21,22). The summed E-state index contributed by atoms with van der Waals surface area (Å²) in [4.78, 5) is 11.8. The second-order valence-corrected chi connectivity index (χ2v) is 7.14. The van der Waals surface area contributed by atoms with Gasteiger partial charge in [-0.2, -0.15) is 11.8 Å². The topological polar surface area (TPSA) is 38.3 Å². The summed E-state index contributed by atoms with van der Waals surface area (Å²) in [5, 5.41) is 3.75. The van der Waals surface area contributed by atoms with Crippen molar-refractivity contribution in [2.45, 2.75) is 12.7 Å². The van der Waals surface area contributed by atoms with Crippen LogP contribution >= 0.6 is 35.0 Å². The number of aryl methyl sites for hydroxylation is 1. The van der Waals surface area contributed by atoms with Crippen LogP contribution in [0.25, 0.3) is 0 Å². The molecule has 0 spiro atoms. The molecule has 0 unspecified atom stereocenters. The zero-order valence-electron chi connectivity index (χ0n) is 13.4. The molecule has 1 amide bonds. The van der Waals surface area contributed by atoms with Crippen LogP contribution in [0.1, 0.15) is 11.1 Å². The highest BCUT2D eigenvalue weighted by molar-refractivity contribution is 7.98. The first-order valence-corrected chi connectivity index (χ1v) is 9.44. The highest BCUT2D eigenvalue weighted by Gasteiger charge is 2.06. The summed E-state index contributed by atoms with van der Waals surface area (Å²) >= 11 is 13.6. The second kappa shape index (κ2) is 9.82. The maximum absolute atomic E-state index is 11.8. The Kier molecular flexibility index (Phi) is 7.76. The van der Waals surface area contributed by atoms with E-state index in [1.807, 2.05) is 12.1 Å². The first kappa shape index (κ1) is 19.0. The Morgan fingerprint density at radius 2 is 2.00 bits per heavy atom. The molecule has 0 aliphatic rings. The number of carbonyl (C=O) groups is 1. The highest BCUT2D eigenvalue weighted by Crippen LogP contribution is 2.27. The summed E-state index contributed by atoms with van der Waals surface area (Å²) in [7, 11) is 0. The SMILES string of the molecule is Cc1ccccc1CSCCNC(=O)COc1ccc(Cl)cc1Cl. The molecule has 3 nitrogen and oxygen atoms in total. The molecule has 1 N–H and O–H groups in total. The zero-order valence-corrected chi connectivity index (χ0v) is 15.7. The van der Waals surface area contributed by atoms with Crippen LogP contribution in [0, 0.1) is 6.92 Å². The third kappa shape index (κ3) is 6.27. The Morgan fingerprint density at radius 3 is 2.75 bits per heavy atom. The number of hydrogen-bond donors (Lipinski definition) is 1. The lowest BCUT2D eigenvalue weighted by Crippen LogP contribution is -2.30. The minimum Gasteiger partial charge on any atom is -0.482 e. The first-order chi connectivity index (χ1) is 11.6. The molecule has 2 aromatic carbocycles. The number of hydrogen-bond acceptors (Lipinski definition) is 3. The number of amides is 1. The molecular weight excluding hydrogens is 365 g/mol. The molecule has 0 aliphatic heterocycles. The molecule has 0 fully saturated rings. The van der Waals surface area contributed by atoms with E-state index >= 15 is 0 Å². The van der Waals surface area contributed by atoms with Crippen LogP contribution in [0.4, 0.5) is 0 Å². The summed E-state index contributed by atoms with van der Waals surface area (Å²) in [6.45, 7) is 2.65. The van der Waals surface area contributed by atoms with Gasteiger partial charge in [-0.1, -0.05) is 47.5 Å². The van der Waals surface area contributed by atoms with Gasteiger partial charge in [-0.15, -0.1) is 0 Å². The second-order valence-electron chi connectivity index (χ2n) is 5.19. The van der Waals surface area contributed by atoms with Gasteiger partial charge in [0, 0.05) is 23.1 Å². The molecule has 0 saturated carbocycles.